The van der Waals surface area contributed by atoms with Gasteiger partial charge in [0, 0.05) is 6.20 Å². The van der Waals surface area contributed by atoms with Crippen molar-refractivity contribution < 1.29 is 9.90 Å². The van der Waals surface area contributed by atoms with Gasteiger partial charge in [-0.05, 0) is 26.0 Å². The molecule has 3 N–H and O–H groups in total. The first-order valence-electron chi connectivity index (χ1n) is 3.67. The Labute approximate surface area is 70.6 Å². The molecule has 0 radical (unpaired) electrons. The van der Waals surface area contributed by atoms with Crippen LogP contribution in [0.3, 0.4) is 0 Å². The number of hydrogen-bond donors (Lipinski definition) is 3. The molecule has 12 heavy (non-hydrogen) atoms. The van der Waals surface area contributed by atoms with E-state index in [-0.39, 0.29) is 0 Å². The Morgan fingerprint density at radius 1 is 1.67 bits per heavy atom. The van der Waals surface area contributed by atoms with Crippen LogP contribution in [0, 0.1) is 0 Å². The maximum atomic E-state index is 11.2. The molecule has 0 bridgehead atoms. The maximum Gasteiger partial charge on any atom is 0.256 e. The van der Waals surface area contributed by atoms with Crippen molar-refractivity contribution in [3.63, 3.8) is 0 Å². The van der Waals surface area contributed by atoms with E-state index in [1.807, 2.05) is 0 Å². The topological polar surface area (TPSA) is 65.1 Å². The molecule has 0 aliphatic rings. The summed E-state index contributed by atoms with van der Waals surface area (Å²) in [7, 11) is 0. The third kappa shape index (κ3) is 2.10. The molecule has 1 aromatic heterocycles. The van der Waals surface area contributed by atoms with E-state index in [0.717, 1.165) is 0 Å². The van der Waals surface area contributed by atoms with Crippen LogP contribution in [0.4, 0.5) is 5.82 Å². The summed E-state index contributed by atoms with van der Waals surface area (Å²) in [5.41, 5.74) is -1.34. The largest absolute Gasteiger partial charge is 0.381 e. The zero-order chi connectivity index (χ0) is 9.19. The summed E-state index contributed by atoms with van der Waals surface area (Å²) in [5.74, 6) is 0.159. The molecular weight excluding hydrogens is 156 g/mol. The summed E-state index contributed by atoms with van der Waals surface area (Å²) in [5, 5.41) is 11.8. The van der Waals surface area contributed by atoms with Gasteiger partial charge in [-0.3, -0.25) is 4.79 Å². The fraction of sp³-hybridized carbons (Fsp3) is 0.375. The summed E-state index contributed by atoms with van der Waals surface area (Å²) >= 11 is 0. The van der Waals surface area contributed by atoms with E-state index >= 15 is 0 Å². The lowest BCUT2D eigenvalue weighted by Gasteiger charge is -2.15. The molecule has 4 nitrogen and oxygen atoms in total. The van der Waals surface area contributed by atoms with Crippen molar-refractivity contribution in [1.29, 1.82) is 0 Å². The minimum Gasteiger partial charge on any atom is -0.381 e. The zero-order valence-corrected chi connectivity index (χ0v) is 7.09. The number of H-pyrrole nitrogens is 1. The van der Waals surface area contributed by atoms with Crippen molar-refractivity contribution in [3.05, 3.63) is 18.3 Å². The summed E-state index contributed by atoms with van der Waals surface area (Å²) in [4.78, 5) is 13.9. The molecule has 0 spiro atoms. The van der Waals surface area contributed by atoms with Gasteiger partial charge in [0.05, 0.1) is 0 Å². The highest BCUT2D eigenvalue weighted by molar-refractivity contribution is 5.95. The molecule has 1 heterocycles. The van der Waals surface area contributed by atoms with Crippen LogP contribution in [0.5, 0.6) is 0 Å². The van der Waals surface area contributed by atoms with Gasteiger partial charge in [0.15, 0.2) is 0 Å². The van der Waals surface area contributed by atoms with Crippen molar-refractivity contribution in [1.82, 2.24) is 4.98 Å². The van der Waals surface area contributed by atoms with Crippen LogP contribution in [0.2, 0.25) is 0 Å². The molecule has 0 aromatic carbocycles. The quantitative estimate of drug-likeness (QED) is 0.609. The summed E-state index contributed by atoms with van der Waals surface area (Å²) < 4.78 is 0. The molecule has 4 heteroatoms. The minimum absolute atomic E-state index is 0.426. The van der Waals surface area contributed by atoms with Crippen LogP contribution in [-0.4, -0.2) is 21.6 Å². The number of aliphatic hydroxyl groups is 1. The Morgan fingerprint density at radius 3 is 2.75 bits per heavy atom. The standard InChI is InChI=1S/C8H12N2O2/c1-8(2,12)7(11)10-6-4-3-5-9-6/h3-5,9,12H,1-2H3,(H,10,11). The van der Waals surface area contributed by atoms with Gasteiger partial charge in [-0.25, -0.2) is 0 Å². The monoisotopic (exact) mass is 168 g/mol. The summed E-state index contributed by atoms with van der Waals surface area (Å²) in [6.45, 7) is 2.87. The predicted octanol–water partition coefficient (Wildman–Crippen LogP) is 0.724. The lowest BCUT2D eigenvalue weighted by Crippen LogP contribution is -2.36. The van der Waals surface area contributed by atoms with Crippen molar-refractivity contribution in [2.75, 3.05) is 5.32 Å². The van der Waals surface area contributed by atoms with E-state index in [2.05, 4.69) is 10.3 Å². The Balaban J connectivity index is 2.60. The first kappa shape index (κ1) is 8.80. The average molecular weight is 168 g/mol. The van der Waals surface area contributed by atoms with Crippen molar-refractivity contribution >= 4 is 11.7 Å². The number of amides is 1. The molecule has 0 saturated heterocycles. The number of aromatic amines is 1. The summed E-state index contributed by atoms with van der Waals surface area (Å²) in [6.07, 6.45) is 1.69. The molecule has 1 aromatic rings. The van der Waals surface area contributed by atoms with Gasteiger partial charge >= 0.3 is 0 Å². The van der Waals surface area contributed by atoms with Crippen molar-refractivity contribution in [2.45, 2.75) is 19.4 Å². The highest BCUT2D eigenvalue weighted by Gasteiger charge is 2.23. The highest BCUT2D eigenvalue weighted by atomic mass is 16.3. The van der Waals surface area contributed by atoms with Gasteiger partial charge in [0.2, 0.25) is 0 Å². The Bertz CT molecular complexity index is 259. The molecule has 0 aliphatic heterocycles. The fourth-order valence-corrected chi connectivity index (χ4v) is 0.683. The molecule has 1 rings (SSSR count). The second kappa shape index (κ2) is 2.98. The van der Waals surface area contributed by atoms with Gasteiger partial charge in [-0.1, -0.05) is 0 Å². The number of rotatable bonds is 2. The smallest absolute Gasteiger partial charge is 0.256 e. The molecule has 0 aliphatic carbocycles. The Kier molecular flexibility index (Phi) is 2.19. The van der Waals surface area contributed by atoms with Crippen LogP contribution < -0.4 is 5.32 Å². The van der Waals surface area contributed by atoms with Crippen molar-refractivity contribution in [3.8, 4) is 0 Å². The summed E-state index contributed by atoms with van der Waals surface area (Å²) in [6, 6.07) is 3.48. The SMILES string of the molecule is CC(C)(O)C(=O)Nc1ccc[nH]1. The maximum absolute atomic E-state index is 11.2. The number of nitrogens with one attached hydrogen (secondary N) is 2. The van der Waals surface area contributed by atoms with Gasteiger partial charge in [0.1, 0.15) is 11.4 Å². The van der Waals surface area contributed by atoms with Crippen LogP contribution in [0.1, 0.15) is 13.8 Å². The number of anilines is 1. The molecule has 1 amide bonds. The van der Waals surface area contributed by atoms with Gasteiger partial charge in [-0.2, -0.15) is 0 Å². The second-order valence-electron chi connectivity index (χ2n) is 3.10. The molecule has 0 fully saturated rings. The van der Waals surface area contributed by atoms with E-state index in [1.165, 1.54) is 13.8 Å². The lowest BCUT2D eigenvalue weighted by atomic mass is 10.1. The van der Waals surface area contributed by atoms with Gasteiger partial charge in [0.25, 0.3) is 5.91 Å². The van der Waals surface area contributed by atoms with Crippen LogP contribution in [-0.2, 0) is 4.79 Å². The Hall–Kier alpha value is -1.29. The minimum atomic E-state index is -1.34. The third-order valence-electron chi connectivity index (χ3n) is 1.40. The van der Waals surface area contributed by atoms with E-state index in [1.54, 1.807) is 18.3 Å². The van der Waals surface area contributed by atoms with E-state index in [9.17, 15) is 9.90 Å². The van der Waals surface area contributed by atoms with Crippen LogP contribution in [0.15, 0.2) is 18.3 Å². The average Bonchev–Trinajstić information content (AvgIpc) is 2.37. The highest BCUT2D eigenvalue weighted by Crippen LogP contribution is 2.07. The normalized spacial score (nSPS) is 11.2. The number of carbonyl (C=O) groups excluding carboxylic acids is 1. The van der Waals surface area contributed by atoms with E-state index < -0.39 is 11.5 Å². The van der Waals surface area contributed by atoms with Gasteiger partial charge in [-0.15, -0.1) is 0 Å². The van der Waals surface area contributed by atoms with E-state index in [0.29, 0.717) is 5.82 Å². The van der Waals surface area contributed by atoms with Crippen LogP contribution in [0.25, 0.3) is 0 Å². The second-order valence-corrected chi connectivity index (χ2v) is 3.10. The fourth-order valence-electron chi connectivity index (χ4n) is 0.683. The van der Waals surface area contributed by atoms with Crippen molar-refractivity contribution in [2.24, 2.45) is 0 Å². The predicted molar refractivity (Wildman–Crippen MR) is 45.7 cm³/mol. The van der Waals surface area contributed by atoms with Gasteiger partial charge < -0.3 is 15.4 Å². The molecule has 0 unspecified atom stereocenters. The lowest BCUT2D eigenvalue weighted by molar-refractivity contribution is -0.130. The Morgan fingerprint density at radius 2 is 2.33 bits per heavy atom. The first-order valence-corrected chi connectivity index (χ1v) is 3.67. The molecule has 66 valence electrons. The number of aromatic nitrogens is 1. The third-order valence-corrected chi connectivity index (χ3v) is 1.40. The van der Waals surface area contributed by atoms with Crippen LogP contribution >= 0.6 is 0 Å². The molecule has 0 atom stereocenters. The first-order chi connectivity index (χ1) is 5.50. The number of carbonyl (C=O) groups is 1. The number of hydrogen-bond acceptors (Lipinski definition) is 2. The molecule has 0 saturated carbocycles. The molecular formula is C8H12N2O2. The van der Waals surface area contributed by atoms with E-state index in [4.69, 9.17) is 0 Å². The zero-order valence-electron chi connectivity index (χ0n) is 7.09.